The van der Waals surface area contributed by atoms with Gasteiger partial charge in [-0.25, -0.2) is 0 Å². The van der Waals surface area contributed by atoms with Crippen LogP contribution in [-0.4, -0.2) is 23.9 Å². The van der Waals surface area contributed by atoms with Gasteiger partial charge in [0.25, 0.3) is 0 Å². The zero-order chi connectivity index (χ0) is 12.4. The van der Waals surface area contributed by atoms with Crippen molar-refractivity contribution in [2.45, 2.75) is 38.6 Å². The van der Waals surface area contributed by atoms with Crippen LogP contribution < -0.4 is 9.47 Å². The molecular weight excluding hydrogens is 230 g/mol. The van der Waals surface area contributed by atoms with Crippen LogP contribution in [0.2, 0.25) is 0 Å². The normalized spacial score (nSPS) is 23.4. The number of ether oxygens (including phenoxy) is 2. The van der Waals surface area contributed by atoms with Gasteiger partial charge in [-0.05, 0) is 24.6 Å². The minimum atomic E-state index is -2.87. The van der Waals surface area contributed by atoms with Crippen molar-refractivity contribution in [2.75, 3.05) is 0 Å². The van der Waals surface area contributed by atoms with Crippen molar-refractivity contribution >= 4 is 0 Å². The molecule has 0 heterocycles. The molecule has 94 valence electrons. The van der Waals surface area contributed by atoms with Gasteiger partial charge in [-0.15, -0.1) is 0 Å². The lowest BCUT2D eigenvalue weighted by Gasteiger charge is -2.32. The molecule has 17 heavy (non-hydrogen) atoms. The molecule has 1 aliphatic rings. The first-order valence-corrected chi connectivity index (χ1v) is 5.45. The summed E-state index contributed by atoms with van der Waals surface area (Å²) < 4.78 is 34.3. The minimum Gasteiger partial charge on any atom is -0.486 e. The summed E-state index contributed by atoms with van der Waals surface area (Å²) >= 11 is 0. The predicted molar refractivity (Wildman–Crippen MR) is 57.5 cm³/mol. The first-order chi connectivity index (χ1) is 8.04. The van der Waals surface area contributed by atoms with Gasteiger partial charge in [-0.1, -0.05) is 6.07 Å². The number of aliphatic hydroxyl groups is 1. The van der Waals surface area contributed by atoms with Crippen LogP contribution in [0.15, 0.2) is 18.2 Å². The van der Waals surface area contributed by atoms with Gasteiger partial charge in [-0.2, -0.15) is 8.78 Å². The molecule has 0 unspecified atom stereocenters. The van der Waals surface area contributed by atoms with E-state index in [4.69, 9.17) is 9.84 Å². The SMILES string of the molecule is Cc1ccc(OC2CC(O)C2)c(OC(F)F)c1. The fourth-order valence-electron chi connectivity index (χ4n) is 1.71. The molecule has 1 aromatic rings. The Balaban J connectivity index is 2.08. The highest BCUT2D eigenvalue weighted by molar-refractivity contribution is 5.42. The third kappa shape index (κ3) is 3.06. The van der Waals surface area contributed by atoms with Gasteiger partial charge in [-0.3, -0.25) is 0 Å². The Bertz CT molecular complexity index is 389. The number of hydrogen-bond donors (Lipinski definition) is 1. The van der Waals surface area contributed by atoms with Crippen LogP contribution in [0.4, 0.5) is 8.78 Å². The van der Waals surface area contributed by atoms with Crippen molar-refractivity contribution in [3.63, 3.8) is 0 Å². The third-order valence-corrected chi connectivity index (χ3v) is 2.68. The van der Waals surface area contributed by atoms with Gasteiger partial charge in [0.2, 0.25) is 0 Å². The van der Waals surface area contributed by atoms with Crippen LogP contribution in [0.1, 0.15) is 18.4 Å². The summed E-state index contributed by atoms with van der Waals surface area (Å²) in [5, 5.41) is 9.12. The van der Waals surface area contributed by atoms with E-state index < -0.39 is 6.61 Å². The molecular formula is C12H14F2O3. The maximum absolute atomic E-state index is 12.2. The molecule has 0 spiro atoms. The average molecular weight is 244 g/mol. The zero-order valence-corrected chi connectivity index (χ0v) is 9.40. The van der Waals surface area contributed by atoms with Gasteiger partial charge in [0, 0.05) is 12.8 Å². The van der Waals surface area contributed by atoms with Gasteiger partial charge in [0.1, 0.15) is 6.10 Å². The summed E-state index contributed by atoms with van der Waals surface area (Å²) in [5.41, 5.74) is 0.821. The molecule has 0 amide bonds. The Kier molecular flexibility index (Phi) is 3.47. The topological polar surface area (TPSA) is 38.7 Å². The summed E-state index contributed by atoms with van der Waals surface area (Å²) in [6, 6.07) is 4.89. The minimum absolute atomic E-state index is 0.0430. The van der Waals surface area contributed by atoms with E-state index >= 15 is 0 Å². The highest BCUT2D eigenvalue weighted by Crippen LogP contribution is 2.34. The summed E-state index contributed by atoms with van der Waals surface area (Å²) in [4.78, 5) is 0. The van der Waals surface area contributed by atoms with Crippen molar-refractivity contribution in [3.05, 3.63) is 23.8 Å². The molecule has 1 saturated carbocycles. The number of halogens is 2. The summed E-state index contributed by atoms with van der Waals surface area (Å²) in [7, 11) is 0. The van der Waals surface area contributed by atoms with E-state index in [1.165, 1.54) is 6.07 Å². The van der Waals surface area contributed by atoms with Crippen molar-refractivity contribution < 1.29 is 23.4 Å². The van der Waals surface area contributed by atoms with Gasteiger partial charge >= 0.3 is 6.61 Å². The number of rotatable bonds is 4. The molecule has 2 rings (SSSR count). The molecule has 1 aromatic carbocycles. The summed E-state index contributed by atoms with van der Waals surface area (Å²) in [6.45, 7) is -1.08. The first-order valence-electron chi connectivity index (χ1n) is 5.45. The van der Waals surface area contributed by atoms with Gasteiger partial charge < -0.3 is 14.6 Å². The third-order valence-electron chi connectivity index (χ3n) is 2.68. The number of alkyl halides is 2. The van der Waals surface area contributed by atoms with E-state index in [0.717, 1.165) is 5.56 Å². The molecule has 1 aliphatic carbocycles. The Morgan fingerprint density at radius 1 is 1.29 bits per heavy atom. The van der Waals surface area contributed by atoms with Crippen LogP contribution in [0.5, 0.6) is 11.5 Å². The summed E-state index contributed by atoms with van der Waals surface area (Å²) in [5.74, 6) is 0.342. The van der Waals surface area contributed by atoms with E-state index in [9.17, 15) is 8.78 Å². The zero-order valence-electron chi connectivity index (χ0n) is 9.40. The quantitative estimate of drug-likeness (QED) is 0.884. The van der Waals surface area contributed by atoms with Crippen molar-refractivity contribution in [1.82, 2.24) is 0 Å². The molecule has 0 atom stereocenters. The molecule has 1 N–H and O–H groups in total. The second-order valence-corrected chi connectivity index (χ2v) is 4.19. The van der Waals surface area contributed by atoms with Gasteiger partial charge in [0.05, 0.1) is 6.10 Å². The molecule has 5 heteroatoms. The standard InChI is InChI=1S/C12H14F2O3/c1-7-2-3-10(11(4-7)17-12(13)14)16-9-5-8(15)6-9/h2-4,8-9,12,15H,5-6H2,1H3. The molecule has 0 saturated heterocycles. The fourth-order valence-corrected chi connectivity index (χ4v) is 1.71. The van der Waals surface area contributed by atoms with Crippen LogP contribution in [0.25, 0.3) is 0 Å². The molecule has 0 aromatic heterocycles. The molecule has 0 aliphatic heterocycles. The van der Waals surface area contributed by atoms with Crippen LogP contribution in [0.3, 0.4) is 0 Å². The van der Waals surface area contributed by atoms with Crippen molar-refractivity contribution in [1.29, 1.82) is 0 Å². The monoisotopic (exact) mass is 244 g/mol. The maximum Gasteiger partial charge on any atom is 0.387 e. The van der Waals surface area contributed by atoms with E-state index in [-0.39, 0.29) is 18.0 Å². The smallest absolute Gasteiger partial charge is 0.387 e. The van der Waals surface area contributed by atoms with Crippen LogP contribution in [0, 0.1) is 6.92 Å². The number of aryl methyl sites for hydroxylation is 1. The second kappa shape index (κ2) is 4.87. The van der Waals surface area contributed by atoms with Crippen molar-refractivity contribution in [2.24, 2.45) is 0 Å². The van der Waals surface area contributed by atoms with E-state index in [0.29, 0.717) is 18.6 Å². The van der Waals surface area contributed by atoms with E-state index in [1.807, 2.05) is 0 Å². The number of benzene rings is 1. The number of hydrogen-bond acceptors (Lipinski definition) is 3. The molecule has 0 radical (unpaired) electrons. The lowest BCUT2D eigenvalue weighted by atomic mass is 9.92. The lowest BCUT2D eigenvalue weighted by molar-refractivity contribution is -0.0558. The maximum atomic E-state index is 12.2. The van der Waals surface area contributed by atoms with Crippen LogP contribution in [-0.2, 0) is 0 Å². The summed E-state index contributed by atoms with van der Waals surface area (Å²) in [6.07, 6.45) is 0.599. The molecule has 1 fully saturated rings. The van der Waals surface area contributed by atoms with Crippen molar-refractivity contribution in [3.8, 4) is 11.5 Å². The second-order valence-electron chi connectivity index (χ2n) is 4.19. The lowest BCUT2D eigenvalue weighted by Crippen LogP contribution is -2.37. The highest BCUT2D eigenvalue weighted by atomic mass is 19.3. The Labute approximate surface area is 98.0 Å². The van der Waals surface area contributed by atoms with E-state index in [2.05, 4.69) is 4.74 Å². The van der Waals surface area contributed by atoms with Gasteiger partial charge in [0.15, 0.2) is 11.5 Å². The van der Waals surface area contributed by atoms with E-state index in [1.54, 1.807) is 19.1 Å². The Morgan fingerprint density at radius 3 is 2.59 bits per heavy atom. The molecule has 3 nitrogen and oxygen atoms in total. The molecule has 0 bridgehead atoms. The highest BCUT2D eigenvalue weighted by Gasteiger charge is 2.29. The Hall–Kier alpha value is -1.36. The number of aliphatic hydroxyl groups excluding tert-OH is 1. The first kappa shape index (κ1) is 12.1. The fraction of sp³-hybridized carbons (Fsp3) is 0.500. The van der Waals surface area contributed by atoms with Crippen LogP contribution >= 0.6 is 0 Å². The Morgan fingerprint density at radius 2 is 2.00 bits per heavy atom. The predicted octanol–water partition coefficient (Wildman–Crippen LogP) is 2.50. The largest absolute Gasteiger partial charge is 0.486 e. The average Bonchev–Trinajstić information content (AvgIpc) is 2.18.